The Morgan fingerprint density at radius 3 is 1.94 bits per heavy atom. The van der Waals surface area contributed by atoms with Gasteiger partial charge in [-0.25, -0.2) is 0 Å². The van der Waals surface area contributed by atoms with E-state index >= 15 is 0 Å². The van der Waals surface area contributed by atoms with Gasteiger partial charge in [-0.05, 0) is 17.3 Å². The third-order valence-corrected chi connectivity index (χ3v) is 5.05. The number of benzene rings is 2. The largest absolute Gasteiger partial charge is 0.158 e. The average Bonchev–Trinajstić information content (AvgIpc) is 2.39. The Hall–Kier alpha value is -0.550. The molecule has 0 radical (unpaired) electrons. The molecule has 0 aliphatic carbocycles. The van der Waals surface area contributed by atoms with Gasteiger partial charge in [0.15, 0.2) is 4.07 Å². The van der Waals surface area contributed by atoms with Crippen molar-refractivity contribution >= 4 is 31.8 Å². The van der Waals surface area contributed by atoms with Gasteiger partial charge < -0.3 is 0 Å². The van der Waals surface area contributed by atoms with Gasteiger partial charge in [0.05, 0.1) is 0 Å². The SMILES string of the molecule is ClC(Cl)(PCc1ccccc1)c1ccccc1. The van der Waals surface area contributed by atoms with Crippen molar-refractivity contribution < 1.29 is 0 Å². The molecule has 0 aliphatic rings. The number of alkyl halides is 2. The molecule has 0 bridgehead atoms. The van der Waals surface area contributed by atoms with E-state index < -0.39 is 4.07 Å². The van der Waals surface area contributed by atoms with Gasteiger partial charge >= 0.3 is 0 Å². The van der Waals surface area contributed by atoms with Gasteiger partial charge in [0.2, 0.25) is 0 Å². The lowest BCUT2D eigenvalue weighted by atomic mass is 10.2. The topological polar surface area (TPSA) is 0 Å². The highest BCUT2D eigenvalue weighted by molar-refractivity contribution is 7.44. The summed E-state index contributed by atoms with van der Waals surface area (Å²) in [5.41, 5.74) is 2.24. The van der Waals surface area contributed by atoms with E-state index in [1.165, 1.54) is 5.56 Å². The van der Waals surface area contributed by atoms with Crippen molar-refractivity contribution in [3.05, 3.63) is 71.8 Å². The van der Waals surface area contributed by atoms with Crippen molar-refractivity contribution in [3.63, 3.8) is 0 Å². The van der Waals surface area contributed by atoms with Gasteiger partial charge in [0.1, 0.15) is 0 Å². The number of halogens is 2. The van der Waals surface area contributed by atoms with Crippen molar-refractivity contribution in [2.45, 2.75) is 10.2 Å². The first-order valence-electron chi connectivity index (χ1n) is 5.41. The Morgan fingerprint density at radius 2 is 1.35 bits per heavy atom. The van der Waals surface area contributed by atoms with E-state index in [9.17, 15) is 0 Å². The molecule has 1 unspecified atom stereocenters. The molecule has 0 saturated heterocycles. The summed E-state index contributed by atoms with van der Waals surface area (Å²) in [5.74, 6) is 0. The molecule has 3 heteroatoms. The Kier molecular flexibility index (Phi) is 4.45. The molecule has 0 aromatic heterocycles. The van der Waals surface area contributed by atoms with Crippen LogP contribution in [-0.2, 0) is 10.2 Å². The van der Waals surface area contributed by atoms with Crippen LogP contribution in [0.2, 0.25) is 0 Å². The van der Waals surface area contributed by atoms with Gasteiger partial charge in [-0.3, -0.25) is 0 Å². The summed E-state index contributed by atoms with van der Waals surface area (Å²) in [6, 6.07) is 20.1. The molecular formula is C14H13Cl2P. The summed E-state index contributed by atoms with van der Waals surface area (Å²) >= 11 is 12.8. The summed E-state index contributed by atoms with van der Waals surface area (Å²) in [6.07, 6.45) is 0.905. The highest BCUT2D eigenvalue weighted by Gasteiger charge is 2.25. The fraction of sp³-hybridized carbons (Fsp3) is 0.143. The monoisotopic (exact) mass is 282 g/mol. The molecule has 0 heterocycles. The Balaban J connectivity index is 2.03. The van der Waals surface area contributed by atoms with Crippen LogP contribution in [0.5, 0.6) is 0 Å². The fourth-order valence-corrected chi connectivity index (χ4v) is 3.24. The van der Waals surface area contributed by atoms with Crippen molar-refractivity contribution in [2.24, 2.45) is 0 Å². The minimum atomic E-state index is -0.781. The summed E-state index contributed by atoms with van der Waals surface area (Å²) in [4.78, 5) is 0. The van der Waals surface area contributed by atoms with Crippen molar-refractivity contribution in [2.75, 3.05) is 0 Å². The average molecular weight is 283 g/mol. The lowest BCUT2D eigenvalue weighted by Crippen LogP contribution is -2.02. The van der Waals surface area contributed by atoms with Crippen LogP contribution in [0, 0.1) is 0 Å². The second-order valence-corrected chi connectivity index (χ2v) is 7.20. The predicted octanol–water partition coefficient (Wildman–Crippen LogP) is 5.15. The summed E-state index contributed by atoms with van der Waals surface area (Å²) < 4.78 is -0.781. The van der Waals surface area contributed by atoms with E-state index in [0.717, 1.165) is 11.7 Å². The second kappa shape index (κ2) is 5.87. The summed E-state index contributed by atoms with van der Waals surface area (Å²) in [5, 5.41) is 0. The normalized spacial score (nSPS) is 12.1. The highest BCUT2D eigenvalue weighted by Crippen LogP contribution is 2.50. The quantitative estimate of drug-likeness (QED) is 0.537. The third kappa shape index (κ3) is 3.71. The van der Waals surface area contributed by atoms with Crippen LogP contribution in [0.4, 0.5) is 0 Å². The van der Waals surface area contributed by atoms with E-state index in [2.05, 4.69) is 12.1 Å². The van der Waals surface area contributed by atoms with Crippen LogP contribution < -0.4 is 0 Å². The van der Waals surface area contributed by atoms with Crippen LogP contribution in [0.25, 0.3) is 0 Å². The van der Waals surface area contributed by atoms with Crippen LogP contribution in [0.15, 0.2) is 60.7 Å². The van der Waals surface area contributed by atoms with Crippen molar-refractivity contribution in [1.82, 2.24) is 0 Å². The Labute approximate surface area is 114 Å². The zero-order chi connectivity index (χ0) is 12.1. The first-order valence-corrected chi connectivity index (χ1v) is 7.37. The molecular weight excluding hydrogens is 270 g/mol. The molecule has 0 N–H and O–H groups in total. The lowest BCUT2D eigenvalue weighted by Gasteiger charge is -2.20. The Morgan fingerprint density at radius 1 is 0.824 bits per heavy atom. The fourth-order valence-electron chi connectivity index (χ4n) is 1.56. The highest BCUT2D eigenvalue weighted by atomic mass is 35.5. The molecule has 2 rings (SSSR count). The molecule has 0 saturated carbocycles. The third-order valence-electron chi connectivity index (χ3n) is 2.49. The van der Waals surface area contributed by atoms with Crippen LogP contribution in [0.1, 0.15) is 11.1 Å². The van der Waals surface area contributed by atoms with Gasteiger partial charge in [-0.1, -0.05) is 92.4 Å². The van der Waals surface area contributed by atoms with Gasteiger partial charge in [-0.15, -0.1) is 0 Å². The minimum Gasteiger partial charge on any atom is -0.0915 e. The van der Waals surface area contributed by atoms with Crippen molar-refractivity contribution in [1.29, 1.82) is 0 Å². The molecule has 2 aromatic rings. The summed E-state index contributed by atoms with van der Waals surface area (Å²) in [7, 11) is 0.445. The van der Waals surface area contributed by atoms with E-state index in [0.29, 0.717) is 8.58 Å². The molecule has 17 heavy (non-hydrogen) atoms. The predicted molar refractivity (Wildman–Crippen MR) is 78.3 cm³/mol. The summed E-state index contributed by atoms with van der Waals surface area (Å²) in [6.45, 7) is 0. The molecule has 1 atom stereocenters. The second-order valence-electron chi connectivity index (χ2n) is 3.78. The van der Waals surface area contributed by atoms with E-state index in [4.69, 9.17) is 23.2 Å². The van der Waals surface area contributed by atoms with Crippen molar-refractivity contribution in [3.8, 4) is 0 Å². The van der Waals surface area contributed by atoms with Gasteiger partial charge in [0, 0.05) is 0 Å². The zero-order valence-electron chi connectivity index (χ0n) is 9.24. The van der Waals surface area contributed by atoms with Crippen LogP contribution >= 0.6 is 31.8 Å². The van der Waals surface area contributed by atoms with E-state index in [1.807, 2.05) is 48.5 Å². The zero-order valence-corrected chi connectivity index (χ0v) is 11.7. The molecule has 0 fully saturated rings. The number of hydrogen-bond donors (Lipinski definition) is 0. The molecule has 0 nitrogen and oxygen atoms in total. The van der Waals surface area contributed by atoms with Gasteiger partial charge in [-0.2, -0.15) is 0 Å². The molecule has 2 aromatic carbocycles. The van der Waals surface area contributed by atoms with Crippen LogP contribution in [0.3, 0.4) is 0 Å². The van der Waals surface area contributed by atoms with Gasteiger partial charge in [0.25, 0.3) is 0 Å². The smallest absolute Gasteiger partial charge is 0.0915 e. The molecule has 0 amide bonds. The standard InChI is InChI=1S/C14H13Cl2P/c15-14(16,13-9-5-2-6-10-13)17-11-12-7-3-1-4-8-12/h1-10,17H,11H2. The number of rotatable bonds is 4. The molecule has 88 valence electrons. The first-order chi connectivity index (χ1) is 8.18. The minimum absolute atomic E-state index is 0.445. The van der Waals surface area contributed by atoms with E-state index in [1.54, 1.807) is 0 Å². The van der Waals surface area contributed by atoms with Crippen LogP contribution in [-0.4, -0.2) is 0 Å². The number of hydrogen-bond acceptors (Lipinski definition) is 0. The molecule has 0 spiro atoms. The maximum absolute atomic E-state index is 6.39. The maximum Gasteiger partial charge on any atom is 0.158 e. The molecule has 0 aliphatic heterocycles. The lowest BCUT2D eigenvalue weighted by molar-refractivity contribution is 1.23. The maximum atomic E-state index is 6.39. The first kappa shape index (κ1) is 12.9. The van der Waals surface area contributed by atoms with E-state index in [-0.39, 0.29) is 0 Å². The Bertz CT molecular complexity index is 454.